The number of amides is 1. The van der Waals surface area contributed by atoms with Gasteiger partial charge in [0.1, 0.15) is 22.6 Å². The number of nitrogens with one attached hydrogen (secondary N) is 1. The highest BCUT2D eigenvalue weighted by molar-refractivity contribution is 6.06. The van der Waals surface area contributed by atoms with E-state index in [2.05, 4.69) is 17.2 Å². The van der Waals surface area contributed by atoms with Crippen molar-refractivity contribution in [2.24, 2.45) is 0 Å². The number of ether oxygens (including phenoxy) is 3. The van der Waals surface area contributed by atoms with Crippen LogP contribution >= 0.6 is 0 Å². The lowest BCUT2D eigenvalue weighted by atomic mass is 9.62. The zero-order valence-corrected chi connectivity index (χ0v) is 17.6. The first kappa shape index (κ1) is 18.6. The smallest absolute Gasteiger partial charge is 0.261 e. The minimum atomic E-state index is -0.303. The third-order valence-electron chi connectivity index (χ3n) is 6.50. The average molecular weight is 420 g/mol. The quantitative estimate of drug-likeness (QED) is 0.658. The predicted octanol–water partition coefficient (Wildman–Crippen LogP) is 3.35. The van der Waals surface area contributed by atoms with Crippen molar-refractivity contribution in [1.29, 1.82) is 0 Å². The minimum Gasteiger partial charge on any atom is -0.488 e. The molecule has 31 heavy (non-hydrogen) atoms. The van der Waals surface area contributed by atoms with Gasteiger partial charge in [-0.3, -0.25) is 4.79 Å². The second-order valence-electron chi connectivity index (χ2n) is 9.15. The van der Waals surface area contributed by atoms with Gasteiger partial charge in [-0.05, 0) is 44.7 Å². The lowest BCUT2D eigenvalue weighted by Crippen LogP contribution is -2.45. The second kappa shape index (κ2) is 6.43. The average Bonchev–Trinajstić information content (AvgIpc) is 3.21. The van der Waals surface area contributed by atoms with E-state index in [1.165, 1.54) is 7.11 Å². The van der Waals surface area contributed by atoms with Gasteiger partial charge in [0.15, 0.2) is 0 Å². The number of nitrogens with zero attached hydrogens (tertiary/aromatic N) is 3. The Morgan fingerprint density at radius 1 is 1.32 bits per heavy atom. The number of imidazole rings is 1. The second-order valence-corrected chi connectivity index (χ2v) is 9.15. The van der Waals surface area contributed by atoms with Gasteiger partial charge < -0.3 is 23.9 Å². The Labute approximate surface area is 179 Å². The van der Waals surface area contributed by atoms with Crippen LogP contribution in [0.15, 0.2) is 36.8 Å². The summed E-state index contributed by atoms with van der Waals surface area (Å²) in [7, 11) is 1.50. The fourth-order valence-electron chi connectivity index (χ4n) is 4.90. The topological polar surface area (TPSA) is 87.0 Å². The summed E-state index contributed by atoms with van der Waals surface area (Å²) in [6.07, 6.45) is 9.74. The summed E-state index contributed by atoms with van der Waals surface area (Å²) in [6, 6.07) is 5.30. The zero-order valence-electron chi connectivity index (χ0n) is 17.6. The Balaban J connectivity index is 1.36. The summed E-state index contributed by atoms with van der Waals surface area (Å²) in [6.45, 7) is 2.87. The molecule has 7 rings (SSSR count). The molecule has 8 nitrogen and oxygen atoms in total. The van der Waals surface area contributed by atoms with E-state index in [9.17, 15) is 4.79 Å². The van der Waals surface area contributed by atoms with Crippen LogP contribution in [0.3, 0.4) is 0 Å². The molecule has 3 aromatic rings. The Bertz CT molecular complexity index is 1190. The first-order valence-electron chi connectivity index (χ1n) is 10.6. The number of hydrogen-bond donors (Lipinski definition) is 1. The van der Waals surface area contributed by atoms with E-state index in [1.807, 2.05) is 22.9 Å². The number of fused-ring (bicyclic) bond motifs is 2. The van der Waals surface area contributed by atoms with Crippen LogP contribution in [0, 0.1) is 0 Å². The van der Waals surface area contributed by atoms with Crippen LogP contribution in [0.2, 0.25) is 0 Å². The number of carbonyl (C=O) groups is 1. The highest BCUT2D eigenvalue weighted by atomic mass is 16.5. The maximum atomic E-state index is 13.0. The molecule has 1 amide bonds. The Morgan fingerprint density at radius 2 is 2.16 bits per heavy atom. The van der Waals surface area contributed by atoms with Gasteiger partial charge in [0, 0.05) is 30.1 Å². The summed E-state index contributed by atoms with van der Waals surface area (Å²) >= 11 is 0. The summed E-state index contributed by atoms with van der Waals surface area (Å²) in [5.74, 6) is 0.605. The third-order valence-corrected chi connectivity index (χ3v) is 6.50. The number of carbonyl (C=O) groups excluding carboxylic acids is 1. The molecule has 4 fully saturated rings. The standard InChI is InChI=1S/C23H24N4O4/c1-22-11-23(12-22,13-30-22)18-10-27-9-16(17(8-19(27)26-18)31-14-5-6-14)25-20(28)15-4-3-7-24-21(15)29-2/h3-4,7-10,14H,5-6,11-13H2,1-2H3,(H,25,28). The molecule has 2 bridgehead atoms. The van der Waals surface area contributed by atoms with Gasteiger partial charge in [-0.15, -0.1) is 0 Å². The monoisotopic (exact) mass is 420 g/mol. The van der Waals surface area contributed by atoms with Crippen molar-refractivity contribution in [1.82, 2.24) is 14.4 Å². The van der Waals surface area contributed by atoms with Crippen LogP contribution in [0.25, 0.3) is 5.65 Å². The van der Waals surface area contributed by atoms with Crippen LogP contribution in [0.1, 0.15) is 48.7 Å². The van der Waals surface area contributed by atoms with Gasteiger partial charge in [-0.25, -0.2) is 9.97 Å². The van der Waals surface area contributed by atoms with E-state index in [-0.39, 0.29) is 28.9 Å². The molecule has 4 aliphatic rings. The van der Waals surface area contributed by atoms with Crippen molar-refractivity contribution < 1.29 is 19.0 Å². The number of pyridine rings is 2. The zero-order chi connectivity index (χ0) is 21.2. The molecule has 0 unspecified atom stereocenters. The van der Waals surface area contributed by atoms with Crippen molar-refractivity contribution in [3.63, 3.8) is 0 Å². The summed E-state index contributed by atoms with van der Waals surface area (Å²) in [5.41, 5.74) is 2.81. The van der Waals surface area contributed by atoms with Crippen LogP contribution in [-0.2, 0) is 10.2 Å². The highest BCUT2D eigenvalue weighted by Gasteiger charge is 2.61. The number of anilines is 1. The summed E-state index contributed by atoms with van der Waals surface area (Å²) in [4.78, 5) is 22.0. The van der Waals surface area contributed by atoms with Crippen molar-refractivity contribution in [3.05, 3.63) is 48.0 Å². The highest BCUT2D eigenvalue weighted by Crippen LogP contribution is 2.58. The van der Waals surface area contributed by atoms with Crippen molar-refractivity contribution in [3.8, 4) is 11.6 Å². The minimum absolute atomic E-state index is 0.00203. The van der Waals surface area contributed by atoms with Gasteiger partial charge in [0.25, 0.3) is 5.91 Å². The molecule has 2 saturated heterocycles. The molecule has 8 heteroatoms. The lowest BCUT2D eigenvalue weighted by molar-refractivity contribution is 0.0154. The van der Waals surface area contributed by atoms with Crippen LogP contribution in [0.5, 0.6) is 11.6 Å². The molecule has 2 saturated carbocycles. The molecule has 5 heterocycles. The third kappa shape index (κ3) is 3.05. The first-order valence-corrected chi connectivity index (χ1v) is 10.6. The van der Waals surface area contributed by atoms with Gasteiger partial charge in [0.05, 0.1) is 31.1 Å². The number of rotatable bonds is 6. The normalized spacial score (nSPS) is 26.5. The number of hydrogen-bond acceptors (Lipinski definition) is 6. The Morgan fingerprint density at radius 3 is 2.87 bits per heavy atom. The molecule has 0 spiro atoms. The number of methoxy groups -OCH3 is 1. The van der Waals surface area contributed by atoms with Gasteiger partial charge in [-0.2, -0.15) is 0 Å². The van der Waals surface area contributed by atoms with Crippen molar-refractivity contribution in [2.45, 2.75) is 49.7 Å². The van der Waals surface area contributed by atoms with Crippen LogP contribution in [0.4, 0.5) is 5.69 Å². The molecule has 0 aromatic carbocycles. The maximum Gasteiger partial charge on any atom is 0.261 e. The SMILES string of the molecule is COc1ncccc1C(=O)Nc1cn2cc(C34COC(C)(C3)C4)nc2cc1OC1CC1. The molecule has 0 atom stereocenters. The Kier molecular flexibility index (Phi) is 3.87. The van der Waals surface area contributed by atoms with Crippen molar-refractivity contribution in [2.75, 3.05) is 19.0 Å². The van der Waals surface area contributed by atoms with E-state index in [0.29, 0.717) is 23.6 Å². The van der Waals surface area contributed by atoms with E-state index in [0.717, 1.165) is 37.0 Å². The fraction of sp³-hybridized carbons (Fsp3) is 0.435. The first-order chi connectivity index (χ1) is 15.0. The van der Waals surface area contributed by atoms with Crippen molar-refractivity contribution >= 4 is 17.2 Å². The van der Waals surface area contributed by atoms with Gasteiger partial charge in [-0.1, -0.05) is 0 Å². The van der Waals surface area contributed by atoms with Crippen LogP contribution in [-0.4, -0.2) is 45.7 Å². The van der Waals surface area contributed by atoms with E-state index in [4.69, 9.17) is 19.2 Å². The summed E-state index contributed by atoms with van der Waals surface area (Å²) < 4.78 is 19.2. The molecule has 1 N–H and O–H groups in total. The van der Waals surface area contributed by atoms with Crippen LogP contribution < -0.4 is 14.8 Å². The molecular formula is C23H24N4O4. The maximum absolute atomic E-state index is 13.0. The number of aromatic nitrogens is 3. The lowest BCUT2D eigenvalue weighted by Gasteiger charge is -2.41. The summed E-state index contributed by atoms with van der Waals surface area (Å²) in [5, 5.41) is 2.97. The van der Waals surface area contributed by atoms with Gasteiger partial charge >= 0.3 is 0 Å². The Hall–Kier alpha value is -3.13. The molecule has 2 aliphatic heterocycles. The molecule has 160 valence electrons. The largest absolute Gasteiger partial charge is 0.488 e. The van der Waals surface area contributed by atoms with Gasteiger partial charge in [0.2, 0.25) is 5.88 Å². The molecule has 0 radical (unpaired) electrons. The van der Waals surface area contributed by atoms with E-state index < -0.39 is 0 Å². The van der Waals surface area contributed by atoms with E-state index >= 15 is 0 Å². The fourth-order valence-corrected chi connectivity index (χ4v) is 4.90. The van der Waals surface area contributed by atoms with E-state index in [1.54, 1.807) is 18.3 Å². The molecule has 2 aliphatic carbocycles. The molecular weight excluding hydrogens is 396 g/mol. The molecule has 3 aromatic heterocycles. The predicted molar refractivity (Wildman–Crippen MR) is 113 cm³/mol.